The van der Waals surface area contributed by atoms with Crippen molar-refractivity contribution in [3.8, 4) is 0 Å². The summed E-state index contributed by atoms with van der Waals surface area (Å²) in [5.41, 5.74) is 0.405. The number of hydrogen-bond donors (Lipinski definition) is 0. The summed E-state index contributed by atoms with van der Waals surface area (Å²) in [6, 6.07) is 0. The van der Waals surface area contributed by atoms with Crippen LogP contribution in [-0.2, 0) is 14.6 Å². The highest BCUT2D eigenvalue weighted by molar-refractivity contribution is 7.91. The van der Waals surface area contributed by atoms with Gasteiger partial charge in [0.05, 0.1) is 29.5 Å². The van der Waals surface area contributed by atoms with E-state index in [4.69, 9.17) is 4.74 Å². The number of sulfone groups is 1. The number of fused-ring (bicyclic) bond motifs is 1. The summed E-state index contributed by atoms with van der Waals surface area (Å²) < 4.78 is 32.1. The molecule has 0 radical (unpaired) electrons. The number of rotatable bonds is 1. The summed E-state index contributed by atoms with van der Waals surface area (Å²) in [5.74, 6) is -0.115. The van der Waals surface area contributed by atoms with Crippen LogP contribution in [0.3, 0.4) is 0 Å². The zero-order chi connectivity index (χ0) is 17.5. The number of ether oxygens (including phenoxy) is 1. The van der Waals surface area contributed by atoms with Crippen molar-refractivity contribution >= 4 is 21.4 Å². The second-order valence-electron chi connectivity index (χ2n) is 6.78. The zero-order valence-corrected chi connectivity index (χ0v) is 14.7. The minimum atomic E-state index is -3.40. The molecule has 1 unspecified atom stereocenters. The number of nitrogens with zero attached hydrogens (tertiary/aromatic N) is 4. The Labute approximate surface area is 140 Å². The van der Waals surface area contributed by atoms with E-state index in [9.17, 15) is 13.2 Å². The van der Waals surface area contributed by atoms with Gasteiger partial charge in [-0.2, -0.15) is 0 Å². The Morgan fingerprint density at radius 2 is 2.12 bits per heavy atom. The normalized spacial score (nSPS) is 21.0. The van der Waals surface area contributed by atoms with Gasteiger partial charge in [0.2, 0.25) is 0 Å². The molecule has 3 heterocycles. The third kappa shape index (κ3) is 3.21. The van der Waals surface area contributed by atoms with Crippen LogP contribution in [0.5, 0.6) is 0 Å². The van der Waals surface area contributed by atoms with Gasteiger partial charge in [-0.3, -0.25) is 4.98 Å². The average Bonchev–Trinajstić information content (AvgIpc) is 2.89. The van der Waals surface area contributed by atoms with E-state index in [2.05, 4.69) is 9.97 Å². The van der Waals surface area contributed by atoms with Crippen molar-refractivity contribution in [3.63, 3.8) is 0 Å². The molecule has 8 nitrogen and oxygen atoms in total. The molecule has 1 atom stereocenters. The smallest absolute Gasteiger partial charge is 0.410 e. The SMILES string of the molecule is CC(C)(C)OC(=O)N1CCS(=O)(=O)C(c2ncn3ccncc23)C1. The fraction of sp³-hybridized carbons (Fsp3) is 0.533. The second-order valence-corrected chi connectivity index (χ2v) is 9.08. The quantitative estimate of drug-likeness (QED) is 0.771. The van der Waals surface area contributed by atoms with Gasteiger partial charge in [0.25, 0.3) is 0 Å². The molecule has 1 fully saturated rings. The van der Waals surface area contributed by atoms with Crippen molar-refractivity contribution in [2.24, 2.45) is 0 Å². The highest BCUT2D eigenvalue weighted by Gasteiger charge is 2.39. The molecule has 24 heavy (non-hydrogen) atoms. The maximum absolute atomic E-state index is 12.5. The van der Waals surface area contributed by atoms with E-state index in [0.29, 0.717) is 11.2 Å². The lowest BCUT2D eigenvalue weighted by Gasteiger charge is -2.33. The first kappa shape index (κ1) is 16.7. The summed E-state index contributed by atoms with van der Waals surface area (Å²) >= 11 is 0. The predicted molar refractivity (Wildman–Crippen MR) is 87.3 cm³/mol. The van der Waals surface area contributed by atoms with Gasteiger partial charge in [-0.25, -0.2) is 18.2 Å². The van der Waals surface area contributed by atoms with Gasteiger partial charge in [-0.15, -0.1) is 0 Å². The van der Waals surface area contributed by atoms with Crippen LogP contribution in [0, 0.1) is 0 Å². The first-order valence-corrected chi connectivity index (χ1v) is 9.35. The van der Waals surface area contributed by atoms with Crippen molar-refractivity contribution in [3.05, 3.63) is 30.6 Å². The van der Waals surface area contributed by atoms with E-state index in [0.717, 1.165) is 0 Å². The summed E-state index contributed by atoms with van der Waals surface area (Å²) in [4.78, 5) is 22.0. The molecule has 2 aromatic heterocycles. The van der Waals surface area contributed by atoms with E-state index >= 15 is 0 Å². The molecule has 0 N–H and O–H groups in total. The third-order valence-corrected chi connectivity index (χ3v) is 5.79. The van der Waals surface area contributed by atoms with Gasteiger partial charge in [-0.1, -0.05) is 0 Å². The summed E-state index contributed by atoms with van der Waals surface area (Å²) in [6.45, 7) is 5.48. The van der Waals surface area contributed by atoms with Gasteiger partial charge in [0.15, 0.2) is 9.84 Å². The van der Waals surface area contributed by atoms with E-state index in [1.807, 2.05) is 0 Å². The zero-order valence-electron chi connectivity index (χ0n) is 13.8. The van der Waals surface area contributed by atoms with Gasteiger partial charge in [0.1, 0.15) is 10.9 Å². The molecule has 1 saturated heterocycles. The molecule has 1 aliphatic rings. The van der Waals surface area contributed by atoms with Gasteiger partial charge in [-0.05, 0) is 20.8 Å². The fourth-order valence-electron chi connectivity index (χ4n) is 2.64. The minimum absolute atomic E-state index is 0.0266. The van der Waals surface area contributed by atoms with Gasteiger partial charge >= 0.3 is 6.09 Å². The van der Waals surface area contributed by atoms with Crippen LogP contribution < -0.4 is 0 Å². The largest absolute Gasteiger partial charge is 0.444 e. The lowest BCUT2D eigenvalue weighted by molar-refractivity contribution is 0.0253. The van der Waals surface area contributed by atoms with Crippen LogP contribution in [0.15, 0.2) is 24.9 Å². The van der Waals surface area contributed by atoms with E-state index < -0.39 is 26.8 Å². The molecular weight excluding hydrogens is 332 g/mol. The Hall–Kier alpha value is -2.16. The Morgan fingerprint density at radius 3 is 2.83 bits per heavy atom. The average molecular weight is 352 g/mol. The molecule has 1 aliphatic heterocycles. The molecule has 0 bridgehead atoms. The molecule has 3 rings (SSSR count). The third-order valence-electron chi connectivity index (χ3n) is 3.79. The van der Waals surface area contributed by atoms with Gasteiger partial charge < -0.3 is 14.0 Å². The number of hydrogen-bond acceptors (Lipinski definition) is 6. The second kappa shape index (κ2) is 5.73. The minimum Gasteiger partial charge on any atom is -0.444 e. The molecule has 2 aromatic rings. The summed E-state index contributed by atoms with van der Waals surface area (Å²) in [5, 5.41) is -0.882. The Balaban J connectivity index is 1.92. The van der Waals surface area contributed by atoms with Crippen molar-refractivity contribution in [2.75, 3.05) is 18.8 Å². The molecule has 1 amide bonds. The number of carbonyl (C=O) groups excluding carboxylic acids is 1. The first-order chi connectivity index (χ1) is 11.2. The van der Waals surface area contributed by atoms with E-state index in [1.54, 1.807) is 50.1 Å². The van der Waals surface area contributed by atoms with Crippen LogP contribution in [0.4, 0.5) is 4.79 Å². The van der Waals surface area contributed by atoms with Crippen LogP contribution in [0.2, 0.25) is 0 Å². The molecule has 0 aliphatic carbocycles. The summed E-state index contributed by atoms with van der Waals surface area (Å²) in [7, 11) is -3.40. The number of aromatic nitrogens is 3. The topological polar surface area (TPSA) is 93.9 Å². The molecule has 0 saturated carbocycles. The molecular formula is C15H20N4O4S. The van der Waals surface area contributed by atoms with Crippen molar-refractivity contribution in [1.29, 1.82) is 0 Å². The van der Waals surface area contributed by atoms with E-state index in [-0.39, 0.29) is 18.8 Å². The Bertz CT molecular complexity index is 869. The maximum Gasteiger partial charge on any atom is 0.410 e. The van der Waals surface area contributed by atoms with Crippen LogP contribution >= 0.6 is 0 Å². The lowest BCUT2D eigenvalue weighted by Crippen LogP contribution is -2.47. The Kier molecular flexibility index (Phi) is 3.98. The summed E-state index contributed by atoms with van der Waals surface area (Å²) in [6.07, 6.45) is 5.91. The van der Waals surface area contributed by atoms with Gasteiger partial charge in [0, 0.05) is 25.5 Å². The fourth-order valence-corrected chi connectivity index (χ4v) is 4.33. The Morgan fingerprint density at radius 1 is 1.38 bits per heavy atom. The lowest BCUT2D eigenvalue weighted by atomic mass is 10.2. The standard InChI is InChI=1S/C15H20N4O4S/c1-15(2,3)23-14(20)18-6-7-24(21,22)12(9-18)13-11-8-16-4-5-19(11)10-17-13/h4-5,8,10,12H,6-7,9H2,1-3H3. The highest BCUT2D eigenvalue weighted by Crippen LogP contribution is 2.30. The molecule has 130 valence electrons. The molecule has 9 heteroatoms. The van der Waals surface area contributed by atoms with Crippen molar-refractivity contribution < 1.29 is 17.9 Å². The van der Waals surface area contributed by atoms with Crippen LogP contribution in [0.1, 0.15) is 31.7 Å². The van der Waals surface area contributed by atoms with Crippen molar-refractivity contribution in [2.45, 2.75) is 31.6 Å². The maximum atomic E-state index is 12.5. The number of amides is 1. The molecule has 0 aromatic carbocycles. The van der Waals surface area contributed by atoms with Crippen LogP contribution in [-0.4, -0.2) is 58.2 Å². The monoisotopic (exact) mass is 352 g/mol. The number of carbonyl (C=O) groups is 1. The highest BCUT2D eigenvalue weighted by atomic mass is 32.2. The number of imidazole rings is 1. The van der Waals surface area contributed by atoms with Crippen LogP contribution in [0.25, 0.3) is 5.52 Å². The molecule has 0 spiro atoms. The predicted octanol–water partition coefficient (Wildman–Crippen LogP) is 1.44. The van der Waals surface area contributed by atoms with Crippen molar-refractivity contribution in [1.82, 2.24) is 19.3 Å². The first-order valence-electron chi connectivity index (χ1n) is 7.63. The van der Waals surface area contributed by atoms with E-state index in [1.165, 1.54) is 4.90 Å².